The Morgan fingerprint density at radius 2 is 1.26 bits per heavy atom. The SMILES string of the molecule is CCCCC[C@H](O)/C=C/[C@H]1[C@H](O)CC(=O)[C@@H]1C/C=C\CCCC(=O)OC[C@H](O)COC(=O)CCCCCCCCCCCCCCCC(C)C. The highest BCUT2D eigenvalue weighted by molar-refractivity contribution is 5.84. The zero-order valence-electron chi connectivity index (χ0n) is 32.0. The topological polar surface area (TPSA) is 130 Å². The normalized spacial score (nSPS) is 19.2. The van der Waals surface area contributed by atoms with Crippen LogP contribution >= 0.6 is 0 Å². The van der Waals surface area contributed by atoms with Gasteiger partial charge < -0.3 is 24.8 Å². The Kier molecular flexibility index (Phi) is 28.1. The third-order valence-corrected chi connectivity index (χ3v) is 9.74. The molecule has 1 saturated carbocycles. The number of Topliss-reactive ketones (excluding diaryl/α,β-unsaturated/α-hetero) is 1. The number of aliphatic hydroxyl groups is 3. The Bertz CT molecular complexity index is 929. The minimum atomic E-state index is -1.05. The first-order valence-electron chi connectivity index (χ1n) is 20.3. The number of allylic oxidation sites excluding steroid dienone is 2. The quantitative estimate of drug-likeness (QED) is 0.0359. The van der Waals surface area contributed by atoms with Gasteiger partial charge in [-0.1, -0.05) is 148 Å². The van der Waals surface area contributed by atoms with Gasteiger partial charge >= 0.3 is 11.9 Å². The molecule has 1 rings (SSSR count). The Morgan fingerprint density at radius 3 is 1.82 bits per heavy atom. The van der Waals surface area contributed by atoms with E-state index in [0.29, 0.717) is 32.1 Å². The van der Waals surface area contributed by atoms with Crippen LogP contribution in [0.2, 0.25) is 0 Å². The highest BCUT2D eigenvalue weighted by Gasteiger charge is 2.39. The molecule has 0 aromatic carbocycles. The second kappa shape index (κ2) is 30.6. The summed E-state index contributed by atoms with van der Waals surface area (Å²) in [7, 11) is 0. The first-order chi connectivity index (χ1) is 24.1. The first-order valence-corrected chi connectivity index (χ1v) is 20.3. The molecule has 0 saturated heterocycles. The van der Waals surface area contributed by atoms with E-state index in [1.54, 1.807) is 12.2 Å². The van der Waals surface area contributed by atoms with Gasteiger partial charge in [0, 0.05) is 31.1 Å². The predicted molar refractivity (Wildman–Crippen MR) is 202 cm³/mol. The van der Waals surface area contributed by atoms with E-state index >= 15 is 0 Å². The predicted octanol–water partition coefficient (Wildman–Crippen LogP) is 9.12. The lowest BCUT2D eigenvalue weighted by atomic mass is 9.90. The van der Waals surface area contributed by atoms with Crippen LogP contribution in [-0.4, -0.2) is 64.6 Å². The number of ketones is 1. The van der Waals surface area contributed by atoms with Crippen LogP contribution in [0.1, 0.15) is 175 Å². The minimum Gasteiger partial charge on any atom is -0.463 e. The average Bonchev–Trinajstić information content (AvgIpc) is 3.35. The molecular formula is C42H74O8. The zero-order valence-corrected chi connectivity index (χ0v) is 32.0. The molecule has 0 heterocycles. The van der Waals surface area contributed by atoms with Crippen molar-refractivity contribution in [3.8, 4) is 0 Å². The van der Waals surface area contributed by atoms with Gasteiger partial charge in [0.1, 0.15) is 25.1 Å². The standard InChI is InChI=1S/C42H74O8/c1-4-5-19-25-35(43)29-30-38-37(39(45)31-40(38)46)26-21-17-18-23-28-42(48)50-33-36(44)32-49-41(47)27-22-16-14-12-10-8-6-7-9-11-13-15-20-24-34(2)3/h17,21,29-30,34-38,40,43-44,46H,4-16,18-20,22-28,31-33H2,1-3H3/b21-17-,30-29+/t35-,36+,37+,38+,40+/m0/s1. The zero-order chi connectivity index (χ0) is 36.8. The number of esters is 2. The monoisotopic (exact) mass is 707 g/mol. The van der Waals surface area contributed by atoms with Gasteiger partial charge in [0.15, 0.2) is 0 Å². The molecule has 8 nitrogen and oxygen atoms in total. The minimum absolute atomic E-state index is 0.0324. The molecule has 0 unspecified atom stereocenters. The van der Waals surface area contributed by atoms with Crippen LogP contribution in [-0.2, 0) is 23.9 Å². The van der Waals surface area contributed by atoms with Crippen LogP contribution in [0.25, 0.3) is 0 Å². The summed E-state index contributed by atoms with van der Waals surface area (Å²) in [6, 6.07) is 0. The molecule has 1 aliphatic rings. The van der Waals surface area contributed by atoms with E-state index in [9.17, 15) is 29.7 Å². The van der Waals surface area contributed by atoms with Gasteiger partial charge in [-0.15, -0.1) is 0 Å². The molecule has 0 amide bonds. The van der Waals surface area contributed by atoms with Crippen molar-refractivity contribution in [2.45, 2.75) is 193 Å². The lowest BCUT2D eigenvalue weighted by Crippen LogP contribution is -2.25. The molecular weight excluding hydrogens is 632 g/mol. The highest BCUT2D eigenvalue weighted by Crippen LogP contribution is 2.33. The van der Waals surface area contributed by atoms with Gasteiger partial charge in [0.2, 0.25) is 0 Å². The number of carbonyl (C=O) groups excluding carboxylic acids is 3. The molecule has 290 valence electrons. The summed E-state index contributed by atoms with van der Waals surface area (Å²) in [4.78, 5) is 36.5. The molecule has 8 heteroatoms. The van der Waals surface area contributed by atoms with Crippen molar-refractivity contribution < 1.29 is 39.2 Å². The number of aliphatic hydroxyl groups excluding tert-OH is 3. The summed E-state index contributed by atoms with van der Waals surface area (Å²) in [5.41, 5.74) is 0. The fourth-order valence-electron chi connectivity index (χ4n) is 6.55. The largest absolute Gasteiger partial charge is 0.463 e. The van der Waals surface area contributed by atoms with Crippen molar-refractivity contribution in [2.24, 2.45) is 17.8 Å². The van der Waals surface area contributed by atoms with E-state index in [1.165, 1.54) is 70.6 Å². The van der Waals surface area contributed by atoms with Crippen molar-refractivity contribution >= 4 is 17.7 Å². The number of unbranched alkanes of at least 4 members (excludes halogenated alkanes) is 15. The highest BCUT2D eigenvalue weighted by atomic mass is 16.6. The van der Waals surface area contributed by atoms with Gasteiger partial charge in [-0.25, -0.2) is 0 Å². The molecule has 50 heavy (non-hydrogen) atoms. The number of ether oxygens (including phenoxy) is 2. The molecule has 0 aromatic rings. The maximum absolute atomic E-state index is 12.4. The Morgan fingerprint density at radius 1 is 0.740 bits per heavy atom. The molecule has 3 N–H and O–H groups in total. The van der Waals surface area contributed by atoms with Crippen molar-refractivity contribution in [1.82, 2.24) is 0 Å². The summed E-state index contributed by atoms with van der Waals surface area (Å²) >= 11 is 0. The van der Waals surface area contributed by atoms with E-state index in [4.69, 9.17) is 9.47 Å². The van der Waals surface area contributed by atoms with E-state index in [1.807, 2.05) is 12.2 Å². The van der Waals surface area contributed by atoms with Crippen LogP contribution < -0.4 is 0 Å². The van der Waals surface area contributed by atoms with Crippen LogP contribution in [0, 0.1) is 17.8 Å². The average molecular weight is 707 g/mol. The van der Waals surface area contributed by atoms with E-state index in [-0.39, 0.29) is 49.6 Å². The third kappa shape index (κ3) is 25.0. The molecule has 0 aromatic heterocycles. The van der Waals surface area contributed by atoms with Gasteiger partial charge in [0.05, 0.1) is 12.2 Å². The Labute approximate surface area is 304 Å². The summed E-state index contributed by atoms with van der Waals surface area (Å²) in [6.07, 6.45) is 28.8. The second-order valence-corrected chi connectivity index (χ2v) is 15.0. The van der Waals surface area contributed by atoms with Gasteiger partial charge in [-0.05, 0) is 38.0 Å². The number of hydrogen-bond acceptors (Lipinski definition) is 8. The molecule has 0 radical (unpaired) electrons. The van der Waals surface area contributed by atoms with Gasteiger partial charge in [-0.2, -0.15) is 0 Å². The molecule has 1 aliphatic carbocycles. The number of rotatable bonds is 32. The number of carbonyl (C=O) groups is 3. The molecule has 5 atom stereocenters. The molecule has 0 bridgehead atoms. The lowest BCUT2D eigenvalue weighted by Gasteiger charge is -2.16. The molecule has 1 fully saturated rings. The Balaban J connectivity index is 2.03. The van der Waals surface area contributed by atoms with Crippen molar-refractivity contribution in [2.75, 3.05) is 13.2 Å². The van der Waals surface area contributed by atoms with Crippen LogP contribution in [0.5, 0.6) is 0 Å². The van der Waals surface area contributed by atoms with Crippen molar-refractivity contribution in [3.05, 3.63) is 24.3 Å². The lowest BCUT2D eigenvalue weighted by molar-refractivity contribution is -0.152. The third-order valence-electron chi connectivity index (χ3n) is 9.74. The fraction of sp³-hybridized carbons (Fsp3) is 0.833. The Hall–Kier alpha value is -2.03. The maximum Gasteiger partial charge on any atom is 0.305 e. The van der Waals surface area contributed by atoms with Crippen LogP contribution in [0.4, 0.5) is 0 Å². The van der Waals surface area contributed by atoms with E-state index < -0.39 is 24.3 Å². The molecule has 0 aliphatic heterocycles. The first kappa shape index (κ1) is 46.0. The molecule has 0 spiro atoms. The summed E-state index contributed by atoms with van der Waals surface area (Å²) in [5.74, 6) is -0.500. The van der Waals surface area contributed by atoms with Crippen LogP contribution in [0.15, 0.2) is 24.3 Å². The smallest absolute Gasteiger partial charge is 0.305 e. The van der Waals surface area contributed by atoms with E-state index in [2.05, 4.69) is 20.8 Å². The van der Waals surface area contributed by atoms with Gasteiger partial charge in [0.25, 0.3) is 0 Å². The van der Waals surface area contributed by atoms with Crippen molar-refractivity contribution in [3.63, 3.8) is 0 Å². The summed E-state index contributed by atoms with van der Waals surface area (Å²) in [6.45, 7) is 6.32. The van der Waals surface area contributed by atoms with E-state index in [0.717, 1.165) is 44.4 Å². The second-order valence-electron chi connectivity index (χ2n) is 15.0. The number of hydrogen-bond donors (Lipinski definition) is 3. The van der Waals surface area contributed by atoms with Crippen LogP contribution in [0.3, 0.4) is 0 Å². The van der Waals surface area contributed by atoms with Gasteiger partial charge in [-0.3, -0.25) is 14.4 Å². The fourth-order valence-corrected chi connectivity index (χ4v) is 6.55. The summed E-state index contributed by atoms with van der Waals surface area (Å²) < 4.78 is 10.3. The summed E-state index contributed by atoms with van der Waals surface area (Å²) in [5, 5.41) is 30.6. The maximum atomic E-state index is 12.4. The van der Waals surface area contributed by atoms with Crippen molar-refractivity contribution in [1.29, 1.82) is 0 Å².